The van der Waals surface area contributed by atoms with Crippen molar-refractivity contribution in [3.8, 4) is 5.75 Å². The smallest absolute Gasteiger partial charge is 0.237 e. The first-order chi connectivity index (χ1) is 10.2. The number of benzene rings is 1. The molecule has 0 aliphatic carbocycles. The fraction of sp³-hybridized carbons (Fsp3) is 0.588. The van der Waals surface area contributed by atoms with Crippen LogP contribution in [0.2, 0.25) is 0 Å². The van der Waals surface area contributed by atoms with Crippen LogP contribution in [0.3, 0.4) is 0 Å². The summed E-state index contributed by atoms with van der Waals surface area (Å²) in [7, 11) is 0. The second kappa shape index (κ2) is 6.67. The van der Waals surface area contributed by atoms with Crippen molar-refractivity contribution in [1.82, 2.24) is 10.6 Å². The summed E-state index contributed by atoms with van der Waals surface area (Å²) in [6, 6.07) is 5.67. The van der Waals surface area contributed by atoms with Crippen LogP contribution in [0.5, 0.6) is 5.75 Å². The van der Waals surface area contributed by atoms with Gasteiger partial charge in [-0.25, -0.2) is 0 Å². The Hall–Kier alpha value is -1.59. The Morgan fingerprint density at radius 2 is 2.18 bits per heavy atom. The molecule has 1 aliphatic rings. The largest absolute Gasteiger partial charge is 0.488 e. The standard InChI is InChI=1S/C17H26N2O3/c1-11-5-6-12(15(7-11)22-17(2,3)4)9-19-16(21)14-8-13(20)10-18-14/h5-7,13-14,18,20H,8-10H2,1-4H3,(H,19,21). The molecule has 5 heteroatoms. The van der Waals surface area contributed by atoms with Gasteiger partial charge in [-0.1, -0.05) is 12.1 Å². The lowest BCUT2D eigenvalue weighted by atomic mass is 10.1. The predicted molar refractivity (Wildman–Crippen MR) is 85.8 cm³/mol. The van der Waals surface area contributed by atoms with Gasteiger partial charge >= 0.3 is 0 Å². The molecule has 1 amide bonds. The van der Waals surface area contributed by atoms with Gasteiger partial charge in [-0.15, -0.1) is 0 Å². The second-order valence-corrected chi connectivity index (χ2v) is 6.89. The van der Waals surface area contributed by atoms with Crippen LogP contribution in [0.4, 0.5) is 0 Å². The van der Waals surface area contributed by atoms with Crippen LogP contribution in [0.15, 0.2) is 18.2 Å². The molecule has 2 rings (SSSR count). The van der Waals surface area contributed by atoms with Crippen molar-refractivity contribution in [2.24, 2.45) is 0 Å². The van der Waals surface area contributed by atoms with Crippen molar-refractivity contribution in [2.75, 3.05) is 6.54 Å². The van der Waals surface area contributed by atoms with Crippen molar-refractivity contribution < 1.29 is 14.6 Å². The molecular formula is C17H26N2O3. The SMILES string of the molecule is Cc1ccc(CNC(=O)C2CC(O)CN2)c(OC(C)(C)C)c1. The zero-order valence-electron chi connectivity index (χ0n) is 13.8. The maximum atomic E-state index is 12.1. The fourth-order valence-electron chi connectivity index (χ4n) is 2.45. The molecule has 3 N–H and O–H groups in total. The normalized spacial score (nSPS) is 21.7. The molecule has 5 nitrogen and oxygen atoms in total. The Morgan fingerprint density at radius 3 is 2.77 bits per heavy atom. The number of ether oxygens (including phenoxy) is 1. The van der Waals surface area contributed by atoms with Crippen LogP contribution < -0.4 is 15.4 Å². The van der Waals surface area contributed by atoms with Crippen molar-refractivity contribution in [3.05, 3.63) is 29.3 Å². The third kappa shape index (κ3) is 4.71. The van der Waals surface area contributed by atoms with E-state index in [2.05, 4.69) is 10.6 Å². The summed E-state index contributed by atoms with van der Waals surface area (Å²) in [6.07, 6.45) is 0.0281. The molecule has 0 bridgehead atoms. The molecule has 0 radical (unpaired) electrons. The molecular weight excluding hydrogens is 280 g/mol. The predicted octanol–water partition coefficient (Wildman–Crippen LogP) is 1.51. The van der Waals surface area contributed by atoms with Crippen molar-refractivity contribution in [1.29, 1.82) is 0 Å². The number of hydrogen-bond donors (Lipinski definition) is 3. The first-order valence-electron chi connectivity index (χ1n) is 7.72. The Bertz CT molecular complexity index is 537. The quantitative estimate of drug-likeness (QED) is 0.788. The highest BCUT2D eigenvalue weighted by molar-refractivity contribution is 5.82. The molecule has 0 aromatic heterocycles. The topological polar surface area (TPSA) is 70.6 Å². The Labute approximate surface area is 132 Å². The first-order valence-corrected chi connectivity index (χ1v) is 7.72. The summed E-state index contributed by atoms with van der Waals surface area (Å²) in [5.74, 6) is 0.714. The van der Waals surface area contributed by atoms with Crippen molar-refractivity contribution >= 4 is 5.91 Å². The van der Waals surface area contributed by atoms with E-state index in [1.54, 1.807) is 0 Å². The van der Waals surface area contributed by atoms with Gasteiger partial charge in [-0.05, 0) is 45.7 Å². The highest BCUT2D eigenvalue weighted by Crippen LogP contribution is 2.24. The van der Waals surface area contributed by atoms with Crippen LogP contribution in [0.25, 0.3) is 0 Å². The van der Waals surface area contributed by atoms with E-state index in [0.717, 1.165) is 16.9 Å². The molecule has 1 heterocycles. The van der Waals surface area contributed by atoms with Gasteiger partial charge in [-0.3, -0.25) is 4.79 Å². The van der Waals surface area contributed by atoms with Crippen LogP contribution in [-0.2, 0) is 11.3 Å². The lowest BCUT2D eigenvalue weighted by molar-refractivity contribution is -0.123. The van der Waals surface area contributed by atoms with E-state index < -0.39 is 6.10 Å². The molecule has 1 saturated heterocycles. The third-order valence-corrected chi connectivity index (χ3v) is 3.52. The molecule has 1 aromatic carbocycles. The third-order valence-electron chi connectivity index (χ3n) is 3.52. The van der Waals surface area contributed by atoms with Gasteiger partial charge in [0, 0.05) is 18.7 Å². The molecule has 0 spiro atoms. The molecule has 122 valence electrons. The number of aryl methyl sites for hydroxylation is 1. The van der Waals surface area contributed by atoms with Gasteiger partial charge < -0.3 is 20.5 Å². The lowest BCUT2D eigenvalue weighted by Gasteiger charge is -2.24. The average molecular weight is 306 g/mol. The van der Waals surface area contributed by atoms with Gasteiger partial charge in [0.1, 0.15) is 11.4 Å². The lowest BCUT2D eigenvalue weighted by Crippen LogP contribution is -2.40. The summed E-state index contributed by atoms with van der Waals surface area (Å²) in [5.41, 5.74) is 1.78. The molecule has 22 heavy (non-hydrogen) atoms. The van der Waals surface area contributed by atoms with Gasteiger partial charge in [0.25, 0.3) is 0 Å². The molecule has 2 atom stereocenters. The average Bonchev–Trinajstić information content (AvgIpc) is 2.82. The van der Waals surface area contributed by atoms with Crippen molar-refractivity contribution in [2.45, 2.75) is 58.4 Å². The van der Waals surface area contributed by atoms with Crippen LogP contribution in [0, 0.1) is 6.92 Å². The van der Waals surface area contributed by atoms with E-state index in [0.29, 0.717) is 19.5 Å². The van der Waals surface area contributed by atoms with E-state index in [9.17, 15) is 9.90 Å². The summed E-state index contributed by atoms with van der Waals surface area (Å²) >= 11 is 0. The number of carbonyl (C=O) groups is 1. The number of β-amino-alcohol motifs (C(OH)–C–C–N with tert-alkyl or cyclic N) is 1. The number of nitrogens with one attached hydrogen (secondary N) is 2. The highest BCUT2D eigenvalue weighted by Gasteiger charge is 2.27. The maximum Gasteiger partial charge on any atom is 0.237 e. The Kier molecular flexibility index (Phi) is 5.08. The number of rotatable bonds is 4. The molecule has 2 unspecified atom stereocenters. The summed E-state index contributed by atoms with van der Waals surface area (Å²) < 4.78 is 5.98. The molecule has 1 fully saturated rings. The summed E-state index contributed by atoms with van der Waals surface area (Å²) in [5, 5.41) is 15.4. The van der Waals surface area contributed by atoms with Gasteiger partial charge in [0.15, 0.2) is 0 Å². The minimum Gasteiger partial charge on any atom is -0.488 e. The minimum atomic E-state index is -0.435. The maximum absolute atomic E-state index is 12.1. The Morgan fingerprint density at radius 1 is 1.45 bits per heavy atom. The number of carbonyl (C=O) groups excluding carboxylic acids is 1. The number of aliphatic hydroxyl groups is 1. The minimum absolute atomic E-state index is 0.0844. The summed E-state index contributed by atoms with van der Waals surface area (Å²) in [4.78, 5) is 12.1. The van der Waals surface area contributed by atoms with Gasteiger partial charge in [0.05, 0.1) is 12.1 Å². The van der Waals surface area contributed by atoms with E-state index >= 15 is 0 Å². The zero-order valence-corrected chi connectivity index (χ0v) is 13.8. The van der Waals surface area contributed by atoms with Crippen molar-refractivity contribution in [3.63, 3.8) is 0 Å². The van der Waals surface area contributed by atoms with Crippen LogP contribution in [-0.4, -0.2) is 35.3 Å². The summed E-state index contributed by atoms with van der Waals surface area (Å²) in [6.45, 7) is 8.91. The van der Waals surface area contributed by atoms with Crippen LogP contribution in [0.1, 0.15) is 38.3 Å². The first kappa shape index (κ1) is 16.8. The van der Waals surface area contributed by atoms with Crippen LogP contribution >= 0.6 is 0 Å². The molecule has 0 saturated carbocycles. The van der Waals surface area contributed by atoms with E-state index in [1.165, 1.54) is 0 Å². The monoisotopic (exact) mass is 306 g/mol. The van der Waals surface area contributed by atoms with E-state index in [1.807, 2.05) is 45.9 Å². The number of aliphatic hydroxyl groups excluding tert-OH is 1. The van der Waals surface area contributed by atoms with E-state index in [4.69, 9.17) is 4.74 Å². The number of amides is 1. The van der Waals surface area contributed by atoms with Gasteiger partial charge in [0.2, 0.25) is 5.91 Å². The highest BCUT2D eigenvalue weighted by atomic mass is 16.5. The zero-order chi connectivity index (χ0) is 16.3. The molecule has 1 aliphatic heterocycles. The second-order valence-electron chi connectivity index (χ2n) is 6.89. The molecule has 1 aromatic rings. The Balaban J connectivity index is 2.01. The number of hydrogen-bond acceptors (Lipinski definition) is 4. The fourth-order valence-corrected chi connectivity index (χ4v) is 2.45. The van der Waals surface area contributed by atoms with Gasteiger partial charge in [-0.2, -0.15) is 0 Å². The van der Waals surface area contributed by atoms with E-state index in [-0.39, 0.29) is 17.6 Å².